The summed E-state index contributed by atoms with van der Waals surface area (Å²) in [5, 5.41) is 0. The molecule has 0 aromatic heterocycles. The maximum Gasteiger partial charge on any atom is 0.153 e. The first-order valence-electron chi connectivity index (χ1n) is 14.5. The van der Waals surface area contributed by atoms with Gasteiger partial charge in [-0.3, -0.25) is 9.69 Å². The van der Waals surface area contributed by atoms with E-state index in [1.807, 2.05) is 0 Å². The first-order chi connectivity index (χ1) is 16.6. The minimum atomic E-state index is 0.128. The van der Waals surface area contributed by atoms with Crippen LogP contribution in [0.2, 0.25) is 0 Å². The maximum absolute atomic E-state index is 13.5. The van der Waals surface area contributed by atoms with Crippen LogP contribution < -0.4 is 0 Å². The van der Waals surface area contributed by atoms with Crippen LogP contribution in [0, 0.1) is 40.4 Å². The Morgan fingerprint density at radius 2 is 1.77 bits per heavy atom. The van der Waals surface area contributed by atoms with Gasteiger partial charge in [-0.2, -0.15) is 0 Å². The Balaban J connectivity index is 1.35. The maximum atomic E-state index is 13.5. The van der Waals surface area contributed by atoms with Crippen LogP contribution in [0.1, 0.15) is 79.1 Å². The minimum absolute atomic E-state index is 0.128. The number of fused-ring (bicyclic) bond motifs is 5. The molecule has 3 unspecified atom stereocenters. The fourth-order valence-electron chi connectivity index (χ4n) is 9.52. The van der Waals surface area contributed by atoms with E-state index in [0.29, 0.717) is 23.0 Å². The van der Waals surface area contributed by atoms with Gasteiger partial charge in [-0.25, -0.2) is 0 Å². The second-order valence-corrected chi connectivity index (χ2v) is 13.8. The van der Waals surface area contributed by atoms with Crippen LogP contribution in [0.4, 0.5) is 0 Å². The lowest BCUT2D eigenvalue weighted by atomic mass is 9.47. The van der Waals surface area contributed by atoms with E-state index in [2.05, 4.69) is 76.9 Å². The second kappa shape index (κ2) is 9.28. The van der Waals surface area contributed by atoms with Crippen molar-refractivity contribution in [2.24, 2.45) is 40.4 Å². The summed E-state index contributed by atoms with van der Waals surface area (Å²) in [6.07, 6.45) is 17.4. The van der Waals surface area contributed by atoms with Gasteiger partial charge in [0.1, 0.15) is 0 Å². The standard InChI is InChI=1S/C32H50N2O/c1-21(8-9-23-16-19-34(7)20-22(23)2)25-12-13-26-24-10-11-28-30(35)29(33(5)6)15-18-32(28,4)27(24)14-17-31(25,26)3/h8-10,21,25-29H,11-20H2,1-7H3/b9-8+/t21-,25-,26?,27?,28?,29+,31-,32-/m1/s1. The van der Waals surface area contributed by atoms with Crippen LogP contribution in [0.25, 0.3) is 0 Å². The van der Waals surface area contributed by atoms with Gasteiger partial charge in [-0.05, 0) is 120 Å². The van der Waals surface area contributed by atoms with Gasteiger partial charge in [0.2, 0.25) is 0 Å². The van der Waals surface area contributed by atoms with Crippen molar-refractivity contribution in [1.82, 2.24) is 9.80 Å². The summed E-state index contributed by atoms with van der Waals surface area (Å²) in [5.74, 6) is 3.51. The number of hydrogen-bond acceptors (Lipinski definition) is 3. The van der Waals surface area contributed by atoms with Gasteiger partial charge in [-0.1, -0.05) is 50.1 Å². The molecule has 3 saturated carbocycles. The quantitative estimate of drug-likeness (QED) is 0.430. The Morgan fingerprint density at radius 1 is 1.06 bits per heavy atom. The van der Waals surface area contributed by atoms with E-state index < -0.39 is 0 Å². The Hall–Kier alpha value is -1.19. The molecule has 0 amide bonds. The highest BCUT2D eigenvalue weighted by atomic mass is 16.1. The molecule has 0 aromatic carbocycles. The molecule has 0 bridgehead atoms. The summed E-state index contributed by atoms with van der Waals surface area (Å²) in [5.41, 5.74) is 5.48. The summed E-state index contributed by atoms with van der Waals surface area (Å²) >= 11 is 0. The molecule has 1 aliphatic heterocycles. The number of likely N-dealkylation sites (N-methyl/N-ethyl adjacent to an activating group) is 2. The third-order valence-corrected chi connectivity index (χ3v) is 11.7. The van der Waals surface area contributed by atoms with Crippen molar-refractivity contribution in [3.8, 4) is 0 Å². The number of allylic oxidation sites excluding steroid dienone is 4. The van der Waals surface area contributed by atoms with Gasteiger partial charge in [-0.15, -0.1) is 0 Å². The van der Waals surface area contributed by atoms with Gasteiger partial charge in [0.15, 0.2) is 5.78 Å². The normalized spacial score (nSPS) is 43.3. The summed E-state index contributed by atoms with van der Waals surface area (Å²) < 4.78 is 0. The van der Waals surface area contributed by atoms with E-state index >= 15 is 0 Å². The van der Waals surface area contributed by atoms with Gasteiger partial charge in [0, 0.05) is 19.0 Å². The monoisotopic (exact) mass is 478 g/mol. The van der Waals surface area contributed by atoms with E-state index in [4.69, 9.17) is 0 Å². The van der Waals surface area contributed by atoms with Crippen LogP contribution in [-0.4, -0.2) is 55.9 Å². The number of hydrogen-bond donors (Lipinski definition) is 0. The average molecular weight is 479 g/mol. The Morgan fingerprint density at radius 3 is 2.49 bits per heavy atom. The molecule has 3 nitrogen and oxygen atoms in total. The largest absolute Gasteiger partial charge is 0.302 e. The zero-order chi connectivity index (χ0) is 25.1. The Labute approximate surface area is 215 Å². The molecule has 194 valence electrons. The molecule has 4 aliphatic carbocycles. The number of carbonyl (C=O) groups excluding carboxylic acids is 1. The molecule has 0 spiro atoms. The number of nitrogens with zero attached hydrogens (tertiary/aromatic N) is 2. The van der Waals surface area contributed by atoms with E-state index in [0.717, 1.165) is 31.2 Å². The molecule has 0 N–H and O–H groups in total. The topological polar surface area (TPSA) is 23.6 Å². The van der Waals surface area contributed by atoms with E-state index in [1.165, 1.54) is 45.1 Å². The van der Waals surface area contributed by atoms with Crippen LogP contribution in [-0.2, 0) is 4.79 Å². The third-order valence-electron chi connectivity index (χ3n) is 11.7. The van der Waals surface area contributed by atoms with Crippen molar-refractivity contribution in [3.63, 3.8) is 0 Å². The SMILES string of the molecule is CC1=C(/C=C/[C@@H](C)[C@H]2CCC3C4=CCC5C(=O)[C@@H](N(C)C)CC[C@]5(C)C4CC[C@@]32C)CCN(C)C1. The van der Waals surface area contributed by atoms with Crippen LogP contribution in [0.5, 0.6) is 0 Å². The van der Waals surface area contributed by atoms with Gasteiger partial charge >= 0.3 is 0 Å². The summed E-state index contributed by atoms with van der Waals surface area (Å²) in [7, 11) is 6.40. The van der Waals surface area contributed by atoms with Crippen molar-refractivity contribution < 1.29 is 4.79 Å². The first kappa shape index (κ1) is 25.5. The fourth-order valence-corrected chi connectivity index (χ4v) is 9.52. The third kappa shape index (κ3) is 4.13. The lowest BCUT2D eigenvalue weighted by molar-refractivity contribution is -0.140. The zero-order valence-electron chi connectivity index (χ0n) is 23.6. The molecular formula is C32H50N2O. The van der Waals surface area contributed by atoms with Crippen molar-refractivity contribution in [2.45, 2.75) is 85.1 Å². The fraction of sp³-hybridized carbons (Fsp3) is 0.781. The minimum Gasteiger partial charge on any atom is -0.302 e. The molecule has 5 rings (SSSR count). The molecule has 3 fully saturated rings. The molecule has 35 heavy (non-hydrogen) atoms. The highest BCUT2D eigenvalue weighted by Crippen LogP contribution is 2.66. The molecule has 0 aromatic rings. The smallest absolute Gasteiger partial charge is 0.153 e. The molecule has 5 aliphatic rings. The second-order valence-electron chi connectivity index (χ2n) is 13.8. The lowest BCUT2D eigenvalue weighted by Gasteiger charge is -2.57. The summed E-state index contributed by atoms with van der Waals surface area (Å²) in [6.45, 7) is 12.2. The van der Waals surface area contributed by atoms with E-state index in [1.54, 1.807) is 16.7 Å². The van der Waals surface area contributed by atoms with E-state index in [-0.39, 0.29) is 17.4 Å². The van der Waals surface area contributed by atoms with Crippen LogP contribution >= 0.6 is 0 Å². The number of Topliss-reactive ketones (excluding diaryl/α,β-unsaturated/α-hetero) is 1. The van der Waals surface area contributed by atoms with Gasteiger partial charge in [0.05, 0.1) is 6.04 Å². The van der Waals surface area contributed by atoms with Crippen molar-refractivity contribution >= 4 is 5.78 Å². The Bertz CT molecular complexity index is 943. The van der Waals surface area contributed by atoms with Crippen molar-refractivity contribution in [3.05, 3.63) is 34.9 Å². The number of carbonyl (C=O) groups is 1. The van der Waals surface area contributed by atoms with Crippen LogP contribution in [0.3, 0.4) is 0 Å². The molecule has 3 heteroatoms. The van der Waals surface area contributed by atoms with E-state index in [9.17, 15) is 4.79 Å². The highest BCUT2D eigenvalue weighted by molar-refractivity contribution is 5.88. The van der Waals surface area contributed by atoms with Crippen molar-refractivity contribution in [2.75, 3.05) is 34.2 Å². The lowest BCUT2D eigenvalue weighted by Crippen LogP contribution is -2.55. The predicted octanol–water partition coefficient (Wildman–Crippen LogP) is 6.52. The zero-order valence-corrected chi connectivity index (χ0v) is 23.6. The first-order valence-corrected chi connectivity index (χ1v) is 14.5. The molecule has 1 heterocycles. The molecule has 8 atom stereocenters. The van der Waals surface area contributed by atoms with Gasteiger partial charge in [0.25, 0.3) is 0 Å². The summed E-state index contributed by atoms with van der Waals surface area (Å²) in [6, 6.07) is 0.128. The Kier molecular flexibility index (Phi) is 6.75. The molecule has 0 saturated heterocycles. The predicted molar refractivity (Wildman–Crippen MR) is 146 cm³/mol. The highest BCUT2D eigenvalue weighted by Gasteiger charge is 2.59. The van der Waals surface area contributed by atoms with Gasteiger partial charge < -0.3 is 4.90 Å². The molecule has 0 radical (unpaired) electrons. The average Bonchev–Trinajstić information content (AvgIpc) is 3.15. The summed E-state index contributed by atoms with van der Waals surface area (Å²) in [4.78, 5) is 18.1. The molecular weight excluding hydrogens is 428 g/mol. The van der Waals surface area contributed by atoms with Crippen LogP contribution in [0.15, 0.2) is 34.9 Å². The number of rotatable bonds is 4. The van der Waals surface area contributed by atoms with Crippen molar-refractivity contribution in [1.29, 1.82) is 0 Å². The number of ketones is 1.